The van der Waals surface area contributed by atoms with E-state index in [1.807, 2.05) is 0 Å². The topological polar surface area (TPSA) is 108 Å². The Morgan fingerprint density at radius 3 is 2.33 bits per heavy atom. The Morgan fingerprint density at radius 2 is 1.78 bits per heavy atom. The minimum Gasteiger partial charge on any atom is -0.449 e. The van der Waals surface area contributed by atoms with Gasteiger partial charge in [-0.2, -0.15) is 0 Å². The molecule has 1 aromatic carbocycles. The zero-order chi connectivity index (χ0) is 20.2. The van der Waals surface area contributed by atoms with E-state index >= 15 is 0 Å². The van der Waals surface area contributed by atoms with Crippen molar-refractivity contribution in [1.82, 2.24) is 0 Å². The molecule has 0 radical (unpaired) electrons. The van der Waals surface area contributed by atoms with E-state index in [2.05, 4.69) is 10.1 Å². The van der Waals surface area contributed by atoms with Crippen molar-refractivity contribution < 1.29 is 37.0 Å². The predicted octanol–water partition coefficient (Wildman–Crippen LogP) is 2.93. The van der Waals surface area contributed by atoms with Crippen LogP contribution in [0.3, 0.4) is 0 Å². The number of benzene rings is 1. The first-order chi connectivity index (χ1) is 12.6. The number of carbonyl (C=O) groups is 3. The molecule has 0 spiro atoms. The van der Waals surface area contributed by atoms with Crippen LogP contribution in [0, 0.1) is 0 Å². The van der Waals surface area contributed by atoms with Gasteiger partial charge >= 0.3 is 12.3 Å². The van der Waals surface area contributed by atoms with Crippen LogP contribution in [0.2, 0.25) is 0 Å². The highest BCUT2D eigenvalue weighted by Gasteiger charge is 2.31. The van der Waals surface area contributed by atoms with Crippen LogP contribution in [0.4, 0.5) is 18.2 Å². The molecule has 27 heavy (non-hydrogen) atoms. The number of alkyl halides is 3. The normalized spacial score (nSPS) is 12.1. The molecule has 0 saturated carbocycles. The van der Waals surface area contributed by atoms with Gasteiger partial charge in [-0.3, -0.25) is 9.59 Å². The lowest BCUT2D eigenvalue weighted by Gasteiger charge is -2.14. The van der Waals surface area contributed by atoms with Crippen molar-refractivity contribution in [3.63, 3.8) is 0 Å². The van der Waals surface area contributed by atoms with E-state index in [-0.39, 0.29) is 16.1 Å². The molecule has 0 aliphatic carbocycles. The highest BCUT2D eigenvalue weighted by molar-refractivity contribution is 7.14. The first-order valence-corrected chi connectivity index (χ1v) is 8.19. The van der Waals surface area contributed by atoms with E-state index in [1.54, 1.807) is 5.38 Å². The fourth-order valence-corrected chi connectivity index (χ4v) is 2.68. The molecule has 0 aliphatic rings. The first kappa shape index (κ1) is 20.2. The molecule has 1 atom stereocenters. The third-order valence-electron chi connectivity index (χ3n) is 3.14. The largest absolute Gasteiger partial charge is 0.573 e. The molecule has 3 N–H and O–H groups in total. The van der Waals surface area contributed by atoms with Gasteiger partial charge in [0.15, 0.2) is 6.10 Å². The number of rotatable bonds is 6. The maximum Gasteiger partial charge on any atom is 0.573 e. The Bertz CT molecular complexity index is 848. The maximum atomic E-state index is 12.1. The van der Waals surface area contributed by atoms with Crippen LogP contribution in [0.15, 0.2) is 35.7 Å². The highest BCUT2D eigenvalue weighted by atomic mass is 32.1. The lowest BCUT2D eigenvalue weighted by Crippen LogP contribution is -2.30. The van der Waals surface area contributed by atoms with Gasteiger partial charge in [-0.25, -0.2) is 4.79 Å². The van der Waals surface area contributed by atoms with Crippen LogP contribution in [-0.4, -0.2) is 30.2 Å². The van der Waals surface area contributed by atoms with Crippen molar-refractivity contribution in [2.45, 2.75) is 19.4 Å². The molecule has 2 aromatic rings. The monoisotopic (exact) mass is 402 g/mol. The Morgan fingerprint density at radius 1 is 1.15 bits per heavy atom. The van der Waals surface area contributed by atoms with Crippen LogP contribution in [0.5, 0.6) is 5.75 Å². The molecular formula is C16H13F3N2O5S. The summed E-state index contributed by atoms with van der Waals surface area (Å²) in [5, 5.41) is 4.18. The van der Waals surface area contributed by atoms with Crippen molar-refractivity contribution in [2.75, 3.05) is 5.32 Å². The van der Waals surface area contributed by atoms with Crippen molar-refractivity contribution in [2.24, 2.45) is 5.73 Å². The van der Waals surface area contributed by atoms with Crippen molar-refractivity contribution >= 4 is 34.1 Å². The molecule has 2 rings (SSSR count). The maximum absolute atomic E-state index is 12.1. The molecule has 2 amide bonds. The molecule has 0 saturated heterocycles. The van der Waals surface area contributed by atoms with E-state index in [0.29, 0.717) is 0 Å². The minimum atomic E-state index is -4.85. The number of thiophene rings is 1. The second-order valence-electron chi connectivity index (χ2n) is 5.14. The van der Waals surface area contributed by atoms with Gasteiger partial charge in [0, 0.05) is 0 Å². The molecule has 0 aliphatic heterocycles. The number of halogens is 3. The van der Waals surface area contributed by atoms with E-state index < -0.39 is 36.0 Å². The third-order valence-corrected chi connectivity index (χ3v) is 3.97. The SMILES string of the molecule is C[C@@H](OC(=O)c1ccc(OC(F)(F)F)cc1)C(=O)Nc1sccc1C(N)=O. The molecule has 1 aromatic heterocycles. The third kappa shape index (κ3) is 5.71. The Labute approximate surface area is 154 Å². The van der Waals surface area contributed by atoms with Crippen molar-refractivity contribution in [3.05, 3.63) is 46.8 Å². The summed E-state index contributed by atoms with van der Waals surface area (Å²) in [5.41, 5.74) is 5.22. The van der Waals surface area contributed by atoms with E-state index in [1.165, 1.54) is 13.0 Å². The molecule has 1 heterocycles. The van der Waals surface area contributed by atoms with Gasteiger partial charge in [-0.1, -0.05) is 0 Å². The second-order valence-corrected chi connectivity index (χ2v) is 6.05. The number of primary amides is 1. The molecule has 11 heteroatoms. The van der Waals surface area contributed by atoms with Crippen LogP contribution in [-0.2, 0) is 9.53 Å². The fourth-order valence-electron chi connectivity index (χ4n) is 1.89. The van der Waals surface area contributed by atoms with Crippen molar-refractivity contribution in [1.29, 1.82) is 0 Å². The van der Waals surface area contributed by atoms with Crippen LogP contribution < -0.4 is 15.8 Å². The average Bonchev–Trinajstić information content (AvgIpc) is 3.02. The standard InChI is InChI=1S/C16H13F3N2O5S/c1-8(13(23)21-14-11(12(20)22)6-7-27-14)25-15(24)9-2-4-10(5-3-9)26-16(17,18)19/h2-8H,1H3,(H2,20,22)(H,21,23)/t8-/m1/s1. The number of nitrogens with two attached hydrogens (primary N) is 1. The molecular weight excluding hydrogens is 389 g/mol. The molecule has 0 bridgehead atoms. The zero-order valence-electron chi connectivity index (χ0n) is 13.7. The number of carbonyl (C=O) groups excluding carboxylic acids is 3. The number of hydrogen-bond donors (Lipinski definition) is 2. The van der Waals surface area contributed by atoms with E-state index in [4.69, 9.17) is 10.5 Å². The summed E-state index contributed by atoms with van der Waals surface area (Å²) >= 11 is 1.07. The number of amides is 2. The quantitative estimate of drug-likeness (QED) is 0.723. The highest BCUT2D eigenvalue weighted by Crippen LogP contribution is 2.24. The number of anilines is 1. The summed E-state index contributed by atoms with van der Waals surface area (Å²) in [6.07, 6.45) is -6.08. The summed E-state index contributed by atoms with van der Waals surface area (Å²) in [7, 11) is 0. The van der Waals surface area contributed by atoms with Crippen LogP contribution in [0.25, 0.3) is 0 Å². The molecule has 144 valence electrons. The molecule has 0 fully saturated rings. The minimum absolute atomic E-state index is 0.0712. The summed E-state index contributed by atoms with van der Waals surface area (Å²) < 4.78 is 45.0. The van der Waals surface area contributed by atoms with Gasteiger partial charge in [-0.15, -0.1) is 24.5 Å². The molecule has 7 nitrogen and oxygen atoms in total. The van der Waals surface area contributed by atoms with Gasteiger partial charge in [-0.05, 0) is 42.6 Å². The Hall–Kier alpha value is -3.08. The van der Waals surface area contributed by atoms with E-state index in [0.717, 1.165) is 35.6 Å². The lowest BCUT2D eigenvalue weighted by atomic mass is 10.2. The summed E-state index contributed by atoms with van der Waals surface area (Å²) in [6.45, 7) is 1.30. The number of ether oxygens (including phenoxy) is 2. The van der Waals surface area contributed by atoms with Gasteiger partial charge < -0.3 is 20.5 Å². The number of esters is 1. The first-order valence-electron chi connectivity index (χ1n) is 7.32. The smallest absolute Gasteiger partial charge is 0.449 e. The number of nitrogens with one attached hydrogen (secondary N) is 1. The predicted molar refractivity (Wildman–Crippen MR) is 89.5 cm³/mol. The number of hydrogen-bond acceptors (Lipinski definition) is 6. The van der Waals surface area contributed by atoms with Gasteiger partial charge in [0.05, 0.1) is 11.1 Å². The fraction of sp³-hybridized carbons (Fsp3) is 0.188. The lowest BCUT2D eigenvalue weighted by molar-refractivity contribution is -0.274. The average molecular weight is 402 g/mol. The van der Waals surface area contributed by atoms with Gasteiger partial charge in [0.2, 0.25) is 0 Å². The van der Waals surface area contributed by atoms with Gasteiger partial charge in [0.1, 0.15) is 10.8 Å². The summed E-state index contributed by atoms with van der Waals surface area (Å²) in [5.74, 6) is -2.85. The Balaban J connectivity index is 1.97. The van der Waals surface area contributed by atoms with Crippen molar-refractivity contribution in [3.8, 4) is 5.75 Å². The molecule has 0 unspecified atom stereocenters. The second kappa shape index (κ2) is 8.08. The zero-order valence-corrected chi connectivity index (χ0v) is 14.5. The van der Waals surface area contributed by atoms with Crippen LogP contribution >= 0.6 is 11.3 Å². The van der Waals surface area contributed by atoms with Gasteiger partial charge in [0.25, 0.3) is 11.8 Å². The van der Waals surface area contributed by atoms with E-state index in [9.17, 15) is 27.6 Å². The summed E-state index contributed by atoms with van der Waals surface area (Å²) in [4.78, 5) is 35.3. The Kier molecular flexibility index (Phi) is 6.05. The summed E-state index contributed by atoms with van der Waals surface area (Å²) in [6, 6.07) is 5.46. The van der Waals surface area contributed by atoms with Crippen LogP contribution in [0.1, 0.15) is 27.6 Å².